The summed E-state index contributed by atoms with van der Waals surface area (Å²) in [6.45, 7) is 2.92. The van der Waals surface area contributed by atoms with E-state index in [2.05, 4.69) is 16.5 Å². The van der Waals surface area contributed by atoms with Crippen LogP contribution in [0.15, 0.2) is 0 Å². The van der Waals surface area contributed by atoms with E-state index in [1.165, 1.54) is 12.8 Å². The summed E-state index contributed by atoms with van der Waals surface area (Å²) in [7, 11) is 1.85. The topological polar surface area (TPSA) is 73.9 Å². The minimum atomic E-state index is 0.266. The lowest BCUT2D eigenvalue weighted by molar-refractivity contribution is 0.141. The molecule has 104 valence electrons. The van der Waals surface area contributed by atoms with Gasteiger partial charge in [-0.25, -0.2) is 0 Å². The Bertz CT molecular complexity index is 475. The summed E-state index contributed by atoms with van der Waals surface area (Å²) >= 11 is 0. The molecule has 19 heavy (non-hydrogen) atoms. The summed E-state index contributed by atoms with van der Waals surface area (Å²) in [5.74, 6) is 1.67. The van der Waals surface area contributed by atoms with Gasteiger partial charge in [0.2, 0.25) is 0 Å². The maximum absolute atomic E-state index is 9.42. The molecule has 1 fully saturated rings. The van der Waals surface area contributed by atoms with Gasteiger partial charge in [-0.3, -0.25) is 4.68 Å². The van der Waals surface area contributed by atoms with Crippen molar-refractivity contribution in [2.24, 2.45) is 18.9 Å². The van der Waals surface area contributed by atoms with Crippen LogP contribution in [0.3, 0.4) is 0 Å². The number of aryl methyl sites for hydroxylation is 2. The molecule has 0 saturated heterocycles. The number of anilines is 1. The van der Waals surface area contributed by atoms with E-state index in [1.807, 2.05) is 14.0 Å². The van der Waals surface area contributed by atoms with E-state index in [4.69, 9.17) is 5.26 Å². The average molecular weight is 262 g/mol. The number of nitrogens with one attached hydrogen (secondary N) is 1. The summed E-state index contributed by atoms with van der Waals surface area (Å²) in [6.07, 6.45) is 4.71. The monoisotopic (exact) mass is 262 g/mol. The lowest BCUT2D eigenvalue weighted by Gasteiger charge is -2.30. The summed E-state index contributed by atoms with van der Waals surface area (Å²) in [6, 6.07) is 2.20. The molecule has 2 rings (SSSR count). The number of nitriles is 1. The van der Waals surface area contributed by atoms with E-state index in [0.717, 1.165) is 30.9 Å². The molecule has 1 aliphatic rings. The van der Waals surface area contributed by atoms with Gasteiger partial charge in [0.05, 0.1) is 5.69 Å². The molecule has 1 aliphatic carbocycles. The van der Waals surface area contributed by atoms with Gasteiger partial charge in [-0.1, -0.05) is 12.8 Å². The molecule has 0 amide bonds. The molecular formula is C14H22N4O. The average Bonchev–Trinajstić information content (AvgIpc) is 2.70. The van der Waals surface area contributed by atoms with Crippen molar-refractivity contribution in [3.05, 3.63) is 11.3 Å². The second-order valence-corrected chi connectivity index (χ2v) is 5.41. The largest absolute Gasteiger partial charge is 0.396 e. The van der Waals surface area contributed by atoms with Gasteiger partial charge in [0, 0.05) is 20.2 Å². The fourth-order valence-electron chi connectivity index (χ4n) is 3.02. The Morgan fingerprint density at radius 2 is 2.11 bits per heavy atom. The quantitative estimate of drug-likeness (QED) is 0.868. The molecule has 2 atom stereocenters. The minimum absolute atomic E-state index is 0.266. The first kappa shape index (κ1) is 13.9. The van der Waals surface area contributed by atoms with E-state index in [-0.39, 0.29) is 6.61 Å². The van der Waals surface area contributed by atoms with Crippen molar-refractivity contribution in [1.29, 1.82) is 5.26 Å². The van der Waals surface area contributed by atoms with Gasteiger partial charge in [-0.15, -0.1) is 0 Å². The van der Waals surface area contributed by atoms with Gasteiger partial charge in [0.25, 0.3) is 0 Å². The van der Waals surface area contributed by atoms with Crippen LogP contribution in [0, 0.1) is 30.1 Å². The third-order valence-electron chi connectivity index (χ3n) is 4.17. The van der Waals surface area contributed by atoms with Crippen molar-refractivity contribution < 1.29 is 5.11 Å². The van der Waals surface area contributed by atoms with Crippen LogP contribution < -0.4 is 5.32 Å². The van der Waals surface area contributed by atoms with Crippen LogP contribution in [0.25, 0.3) is 0 Å². The maximum Gasteiger partial charge on any atom is 0.142 e. The highest BCUT2D eigenvalue weighted by molar-refractivity contribution is 5.54. The number of rotatable bonds is 4. The Kier molecular flexibility index (Phi) is 4.43. The zero-order valence-corrected chi connectivity index (χ0v) is 11.7. The molecule has 0 spiro atoms. The summed E-state index contributed by atoms with van der Waals surface area (Å²) in [4.78, 5) is 0. The zero-order valence-electron chi connectivity index (χ0n) is 11.7. The van der Waals surface area contributed by atoms with Crippen molar-refractivity contribution in [3.8, 4) is 6.07 Å². The number of aromatic nitrogens is 2. The Labute approximate surface area is 114 Å². The highest BCUT2D eigenvalue weighted by Crippen LogP contribution is 2.30. The van der Waals surface area contributed by atoms with E-state index in [1.54, 1.807) is 4.68 Å². The Morgan fingerprint density at radius 3 is 2.74 bits per heavy atom. The molecule has 0 aliphatic heterocycles. The molecule has 1 heterocycles. The normalized spacial score (nSPS) is 23.1. The Balaban J connectivity index is 2.04. The molecular weight excluding hydrogens is 240 g/mol. The minimum Gasteiger partial charge on any atom is -0.396 e. The van der Waals surface area contributed by atoms with Gasteiger partial charge in [0.15, 0.2) is 0 Å². The van der Waals surface area contributed by atoms with Crippen LogP contribution in [0.5, 0.6) is 0 Å². The van der Waals surface area contributed by atoms with Crippen molar-refractivity contribution in [1.82, 2.24) is 9.78 Å². The molecule has 5 heteroatoms. The predicted octanol–water partition coefficient (Wildman–Crippen LogP) is 1.81. The highest BCUT2D eigenvalue weighted by Gasteiger charge is 2.25. The van der Waals surface area contributed by atoms with E-state index >= 15 is 0 Å². The molecule has 1 saturated carbocycles. The third-order valence-corrected chi connectivity index (χ3v) is 4.17. The van der Waals surface area contributed by atoms with Crippen LogP contribution in [0.4, 0.5) is 5.82 Å². The molecule has 1 aromatic heterocycles. The third kappa shape index (κ3) is 2.90. The number of hydrogen-bond acceptors (Lipinski definition) is 4. The highest BCUT2D eigenvalue weighted by atomic mass is 16.3. The van der Waals surface area contributed by atoms with E-state index in [0.29, 0.717) is 17.4 Å². The van der Waals surface area contributed by atoms with Gasteiger partial charge in [0.1, 0.15) is 17.5 Å². The maximum atomic E-state index is 9.42. The smallest absolute Gasteiger partial charge is 0.142 e. The number of aliphatic hydroxyl groups excluding tert-OH is 1. The van der Waals surface area contributed by atoms with Crippen molar-refractivity contribution in [2.75, 3.05) is 18.5 Å². The lowest BCUT2D eigenvalue weighted by atomic mass is 9.79. The van der Waals surface area contributed by atoms with Crippen molar-refractivity contribution >= 4 is 5.82 Å². The standard InChI is InChI=1S/C14H22N4O/c1-10-13(7-15)14(18(2)17-10)16-8-11-5-3-4-6-12(11)9-19/h11-12,16,19H,3-6,8-9H2,1-2H3. The van der Waals surface area contributed by atoms with Crippen LogP contribution in [-0.2, 0) is 7.05 Å². The zero-order chi connectivity index (χ0) is 13.8. The Hall–Kier alpha value is -1.54. The molecule has 5 nitrogen and oxygen atoms in total. The number of aliphatic hydroxyl groups is 1. The molecule has 0 aromatic carbocycles. The van der Waals surface area contributed by atoms with Gasteiger partial charge >= 0.3 is 0 Å². The van der Waals surface area contributed by atoms with Crippen molar-refractivity contribution in [3.63, 3.8) is 0 Å². The lowest BCUT2D eigenvalue weighted by Crippen LogP contribution is -2.29. The molecule has 0 bridgehead atoms. The summed E-state index contributed by atoms with van der Waals surface area (Å²) < 4.78 is 1.73. The van der Waals surface area contributed by atoms with Crippen LogP contribution in [0.1, 0.15) is 36.9 Å². The van der Waals surface area contributed by atoms with Crippen LogP contribution >= 0.6 is 0 Å². The summed E-state index contributed by atoms with van der Waals surface area (Å²) in [5.41, 5.74) is 1.38. The van der Waals surface area contributed by atoms with Crippen LogP contribution in [0.2, 0.25) is 0 Å². The molecule has 0 radical (unpaired) electrons. The van der Waals surface area contributed by atoms with Gasteiger partial charge in [-0.05, 0) is 31.6 Å². The molecule has 2 unspecified atom stereocenters. The first-order valence-corrected chi connectivity index (χ1v) is 6.95. The number of hydrogen-bond donors (Lipinski definition) is 2. The van der Waals surface area contributed by atoms with Crippen molar-refractivity contribution in [2.45, 2.75) is 32.6 Å². The second-order valence-electron chi connectivity index (χ2n) is 5.41. The predicted molar refractivity (Wildman–Crippen MR) is 73.7 cm³/mol. The first-order valence-electron chi connectivity index (χ1n) is 6.95. The fraction of sp³-hybridized carbons (Fsp3) is 0.714. The second kappa shape index (κ2) is 6.07. The van der Waals surface area contributed by atoms with Gasteiger partial charge < -0.3 is 10.4 Å². The summed E-state index contributed by atoms with van der Waals surface area (Å²) in [5, 5.41) is 26.2. The Morgan fingerprint density at radius 1 is 1.42 bits per heavy atom. The number of nitrogens with zero attached hydrogens (tertiary/aromatic N) is 3. The van der Waals surface area contributed by atoms with E-state index in [9.17, 15) is 5.11 Å². The molecule has 2 N–H and O–H groups in total. The van der Waals surface area contributed by atoms with E-state index < -0.39 is 0 Å². The molecule has 1 aromatic rings. The SMILES string of the molecule is Cc1nn(C)c(NCC2CCCCC2CO)c1C#N. The fourth-order valence-corrected chi connectivity index (χ4v) is 3.02. The first-order chi connectivity index (χ1) is 9.17. The van der Waals surface area contributed by atoms with Gasteiger partial charge in [-0.2, -0.15) is 10.4 Å². The van der Waals surface area contributed by atoms with Crippen LogP contribution in [-0.4, -0.2) is 28.0 Å².